The minimum atomic E-state index is 0.114. The van der Waals surface area contributed by atoms with Gasteiger partial charge in [-0.2, -0.15) is 5.10 Å². The van der Waals surface area contributed by atoms with Crippen molar-refractivity contribution >= 4 is 0 Å². The van der Waals surface area contributed by atoms with E-state index in [0.29, 0.717) is 6.54 Å². The number of methoxy groups -OCH3 is 1. The zero-order valence-electron chi connectivity index (χ0n) is 13.6. The van der Waals surface area contributed by atoms with E-state index in [1.165, 1.54) is 11.1 Å². The molecule has 0 aliphatic rings. The summed E-state index contributed by atoms with van der Waals surface area (Å²) in [5.41, 5.74) is 4.57. The van der Waals surface area contributed by atoms with Crippen LogP contribution in [0.5, 0.6) is 5.75 Å². The Hall–Kier alpha value is -1.85. The molecule has 0 amide bonds. The molecule has 0 radical (unpaired) electrons. The monoisotopic (exact) mass is 303 g/mol. The number of benzene rings is 1. The lowest BCUT2D eigenvalue weighted by molar-refractivity contribution is 0.267. The van der Waals surface area contributed by atoms with Crippen molar-refractivity contribution < 1.29 is 9.84 Å². The zero-order chi connectivity index (χ0) is 15.9. The summed E-state index contributed by atoms with van der Waals surface area (Å²) >= 11 is 0. The normalized spacial score (nSPS) is 10.9. The van der Waals surface area contributed by atoms with Gasteiger partial charge in [0.25, 0.3) is 0 Å². The highest BCUT2D eigenvalue weighted by Crippen LogP contribution is 2.17. The van der Waals surface area contributed by atoms with Crippen LogP contribution in [0.3, 0.4) is 0 Å². The second-order valence-electron chi connectivity index (χ2n) is 5.33. The lowest BCUT2D eigenvalue weighted by Crippen LogP contribution is -2.18. The Labute approximate surface area is 131 Å². The van der Waals surface area contributed by atoms with Crippen molar-refractivity contribution in [2.45, 2.75) is 33.4 Å². The Morgan fingerprint density at radius 2 is 2.05 bits per heavy atom. The number of hydrogen-bond acceptors (Lipinski definition) is 4. The second-order valence-corrected chi connectivity index (χ2v) is 5.33. The minimum Gasteiger partial charge on any atom is -0.496 e. The predicted molar refractivity (Wildman–Crippen MR) is 87.2 cm³/mol. The molecule has 2 rings (SSSR count). The maximum absolute atomic E-state index is 9.05. The summed E-state index contributed by atoms with van der Waals surface area (Å²) in [5.74, 6) is 0.937. The molecule has 0 aliphatic carbocycles. The summed E-state index contributed by atoms with van der Waals surface area (Å²) in [4.78, 5) is 0. The highest BCUT2D eigenvalue weighted by atomic mass is 16.5. The molecule has 1 aromatic carbocycles. The van der Waals surface area contributed by atoms with Crippen molar-refractivity contribution in [3.63, 3.8) is 0 Å². The van der Waals surface area contributed by atoms with Crippen molar-refractivity contribution in [2.24, 2.45) is 0 Å². The Morgan fingerprint density at radius 1 is 1.27 bits per heavy atom. The van der Waals surface area contributed by atoms with Gasteiger partial charge >= 0.3 is 0 Å². The summed E-state index contributed by atoms with van der Waals surface area (Å²) in [5, 5.41) is 17.0. The molecule has 5 heteroatoms. The molecule has 1 aromatic heterocycles. The zero-order valence-corrected chi connectivity index (χ0v) is 13.6. The summed E-state index contributed by atoms with van der Waals surface area (Å²) in [7, 11) is 1.70. The van der Waals surface area contributed by atoms with Gasteiger partial charge in [-0.05, 0) is 38.4 Å². The highest BCUT2D eigenvalue weighted by Gasteiger charge is 2.10. The van der Waals surface area contributed by atoms with Gasteiger partial charge in [0.15, 0.2) is 0 Å². The molecule has 0 bridgehead atoms. The SMILES string of the molecule is COc1ccccc1CCNCc1c(C)nn(CCO)c1C. The third-order valence-electron chi connectivity index (χ3n) is 3.91. The minimum absolute atomic E-state index is 0.114. The van der Waals surface area contributed by atoms with Crippen molar-refractivity contribution in [3.05, 3.63) is 46.8 Å². The van der Waals surface area contributed by atoms with Crippen LogP contribution in [0.2, 0.25) is 0 Å². The van der Waals surface area contributed by atoms with Gasteiger partial charge in [-0.3, -0.25) is 4.68 Å². The smallest absolute Gasteiger partial charge is 0.122 e. The number of ether oxygens (including phenoxy) is 1. The van der Waals surface area contributed by atoms with E-state index < -0.39 is 0 Å². The van der Waals surface area contributed by atoms with Crippen LogP contribution < -0.4 is 10.1 Å². The molecular weight excluding hydrogens is 278 g/mol. The number of para-hydroxylation sites is 1. The van der Waals surface area contributed by atoms with Gasteiger partial charge in [-0.15, -0.1) is 0 Å². The van der Waals surface area contributed by atoms with Crippen LogP contribution in [0.4, 0.5) is 0 Å². The van der Waals surface area contributed by atoms with E-state index in [-0.39, 0.29) is 6.61 Å². The number of nitrogens with one attached hydrogen (secondary N) is 1. The summed E-state index contributed by atoms with van der Waals surface area (Å²) in [6.45, 7) is 6.39. The maximum atomic E-state index is 9.05. The fourth-order valence-corrected chi connectivity index (χ4v) is 2.65. The lowest BCUT2D eigenvalue weighted by atomic mass is 10.1. The number of aromatic nitrogens is 2. The molecule has 22 heavy (non-hydrogen) atoms. The van der Waals surface area contributed by atoms with E-state index in [9.17, 15) is 0 Å². The van der Waals surface area contributed by atoms with Crippen LogP contribution in [0.1, 0.15) is 22.5 Å². The van der Waals surface area contributed by atoms with Crippen LogP contribution in [0.15, 0.2) is 24.3 Å². The molecule has 2 aromatic rings. The molecule has 120 valence electrons. The third kappa shape index (κ3) is 3.87. The summed E-state index contributed by atoms with van der Waals surface area (Å²) < 4.78 is 7.23. The first-order valence-electron chi connectivity index (χ1n) is 7.63. The van der Waals surface area contributed by atoms with Gasteiger partial charge in [-0.25, -0.2) is 0 Å². The molecular formula is C17H25N3O2. The van der Waals surface area contributed by atoms with Gasteiger partial charge in [0.1, 0.15) is 5.75 Å². The molecule has 0 fully saturated rings. The number of rotatable bonds is 8. The van der Waals surface area contributed by atoms with Crippen LogP contribution in [0.25, 0.3) is 0 Å². The predicted octanol–water partition coefficient (Wildman–Crippen LogP) is 1.83. The Bertz CT molecular complexity index is 608. The Morgan fingerprint density at radius 3 is 2.77 bits per heavy atom. The fraction of sp³-hybridized carbons (Fsp3) is 0.471. The Balaban J connectivity index is 1.89. The molecule has 0 saturated carbocycles. The Kier molecular flexibility index (Phi) is 5.98. The van der Waals surface area contributed by atoms with Crippen molar-refractivity contribution in [1.29, 1.82) is 0 Å². The molecule has 0 unspecified atom stereocenters. The topological polar surface area (TPSA) is 59.3 Å². The average molecular weight is 303 g/mol. The highest BCUT2D eigenvalue weighted by molar-refractivity contribution is 5.33. The van der Waals surface area contributed by atoms with Gasteiger partial charge in [-0.1, -0.05) is 18.2 Å². The molecule has 0 saturated heterocycles. The van der Waals surface area contributed by atoms with Gasteiger partial charge < -0.3 is 15.2 Å². The molecule has 0 spiro atoms. The number of hydrogen-bond donors (Lipinski definition) is 2. The van der Waals surface area contributed by atoms with Crippen LogP contribution in [0, 0.1) is 13.8 Å². The molecule has 0 atom stereocenters. The third-order valence-corrected chi connectivity index (χ3v) is 3.91. The standard InChI is InChI=1S/C17H25N3O2/c1-13-16(14(2)20(19-13)10-11-21)12-18-9-8-15-6-4-5-7-17(15)22-3/h4-7,18,21H,8-12H2,1-3H3. The van der Waals surface area contributed by atoms with Crippen LogP contribution in [-0.2, 0) is 19.5 Å². The second kappa shape index (κ2) is 7.96. The largest absolute Gasteiger partial charge is 0.496 e. The van der Waals surface area contributed by atoms with Crippen LogP contribution >= 0.6 is 0 Å². The van der Waals surface area contributed by atoms with E-state index in [1.807, 2.05) is 36.7 Å². The number of aryl methyl sites for hydroxylation is 1. The first-order valence-corrected chi connectivity index (χ1v) is 7.63. The molecule has 1 heterocycles. The quantitative estimate of drug-likeness (QED) is 0.731. The number of nitrogens with zero attached hydrogens (tertiary/aromatic N) is 2. The summed E-state index contributed by atoms with van der Waals surface area (Å²) in [6, 6.07) is 8.10. The van der Waals surface area contributed by atoms with Gasteiger partial charge in [0, 0.05) is 17.8 Å². The molecule has 2 N–H and O–H groups in total. The van der Waals surface area contributed by atoms with Crippen molar-refractivity contribution in [2.75, 3.05) is 20.3 Å². The first-order chi connectivity index (χ1) is 10.7. The van der Waals surface area contributed by atoms with Gasteiger partial charge in [0.05, 0.1) is 26.0 Å². The van der Waals surface area contributed by atoms with Crippen molar-refractivity contribution in [1.82, 2.24) is 15.1 Å². The van der Waals surface area contributed by atoms with Crippen molar-refractivity contribution in [3.8, 4) is 5.75 Å². The van der Waals surface area contributed by atoms with E-state index in [4.69, 9.17) is 9.84 Å². The average Bonchev–Trinajstić information content (AvgIpc) is 2.79. The molecule has 5 nitrogen and oxygen atoms in total. The van der Waals surface area contributed by atoms with E-state index in [1.54, 1.807) is 7.11 Å². The van der Waals surface area contributed by atoms with E-state index >= 15 is 0 Å². The van der Waals surface area contributed by atoms with E-state index in [2.05, 4.69) is 16.5 Å². The number of aliphatic hydroxyl groups is 1. The number of aliphatic hydroxyl groups excluding tert-OH is 1. The van der Waals surface area contributed by atoms with E-state index in [0.717, 1.165) is 36.6 Å². The fourth-order valence-electron chi connectivity index (χ4n) is 2.65. The maximum Gasteiger partial charge on any atom is 0.122 e. The van der Waals surface area contributed by atoms with Gasteiger partial charge in [0.2, 0.25) is 0 Å². The summed E-state index contributed by atoms with van der Waals surface area (Å²) in [6.07, 6.45) is 0.923. The van der Waals surface area contributed by atoms with Crippen LogP contribution in [-0.4, -0.2) is 35.1 Å². The first kappa shape index (κ1) is 16.5. The lowest BCUT2D eigenvalue weighted by Gasteiger charge is -2.09. The molecule has 0 aliphatic heterocycles.